The molecular formula is C28H27N3O8S. The molecule has 2 aliphatic rings. The summed E-state index contributed by atoms with van der Waals surface area (Å²) in [6.45, 7) is 2.88. The monoisotopic (exact) mass is 565 g/mol. The molecule has 1 saturated heterocycles. The standard InChI is InChI=1S/C28H27N3O8S/c1-17(39-24(33)14-19-6-4-3-5-7-19)25-22-15-23(40-13-12-29-18(2)32)26(30(22)27(25)34)28(35)38-16-20-8-10-21(11-9-20)31(36)37/h3-13,17,22,25H,14-16H2,1-2H3,(H,29,32)/b13-12+/t17-,22+,25+/m0/s1. The molecule has 0 spiro atoms. The summed E-state index contributed by atoms with van der Waals surface area (Å²) in [5.74, 6) is -2.42. The number of nitro benzene ring substituents is 1. The summed E-state index contributed by atoms with van der Waals surface area (Å²) in [6, 6.07) is 14.3. The van der Waals surface area contributed by atoms with Gasteiger partial charge in [-0.15, -0.1) is 0 Å². The molecule has 2 aromatic rings. The van der Waals surface area contributed by atoms with Gasteiger partial charge in [-0.25, -0.2) is 4.79 Å². The van der Waals surface area contributed by atoms with Gasteiger partial charge in [0.05, 0.1) is 23.3 Å². The summed E-state index contributed by atoms with van der Waals surface area (Å²) in [4.78, 5) is 62.4. The first-order valence-electron chi connectivity index (χ1n) is 12.4. The van der Waals surface area contributed by atoms with E-state index in [1.807, 2.05) is 30.3 Å². The van der Waals surface area contributed by atoms with Crippen LogP contribution in [0.5, 0.6) is 0 Å². The maximum absolute atomic E-state index is 13.2. The summed E-state index contributed by atoms with van der Waals surface area (Å²) < 4.78 is 11.0. The molecule has 0 saturated carbocycles. The molecule has 1 N–H and O–H groups in total. The number of nitrogens with one attached hydrogen (secondary N) is 1. The van der Waals surface area contributed by atoms with Crippen LogP contribution in [0.2, 0.25) is 0 Å². The summed E-state index contributed by atoms with van der Waals surface area (Å²) in [5.41, 5.74) is 1.34. The number of nitro groups is 1. The molecule has 0 bridgehead atoms. The number of β-lactam (4-membered cyclic amide) rings is 1. The van der Waals surface area contributed by atoms with Gasteiger partial charge in [0.2, 0.25) is 11.8 Å². The van der Waals surface area contributed by atoms with Crippen molar-refractivity contribution in [3.63, 3.8) is 0 Å². The minimum atomic E-state index is -0.725. The lowest BCUT2D eigenvalue weighted by Crippen LogP contribution is -2.62. The number of non-ortho nitro benzene ring substituents is 1. The van der Waals surface area contributed by atoms with Gasteiger partial charge in [0.1, 0.15) is 18.4 Å². The van der Waals surface area contributed by atoms with Crippen molar-refractivity contribution in [1.82, 2.24) is 10.2 Å². The van der Waals surface area contributed by atoms with Crippen molar-refractivity contribution in [1.29, 1.82) is 0 Å². The molecule has 0 unspecified atom stereocenters. The van der Waals surface area contributed by atoms with E-state index in [9.17, 15) is 29.3 Å². The number of ether oxygens (including phenoxy) is 2. The molecule has 2 amide bonds. The Labute approximate surface area is 234 Å². The Bertz CT molecular complexity index is 1370. The number of fused-ring (bicyclic) bond motifs is 1. The van der Waals surface area contributed by atoms with E-state index in [0.29, 0.717) is 16.9 Å². The summed E-state index contributed by atoms with van der Waals surface area (Å²) >= 11 is 1.18. The number of carbonyl (C=O) groups is 4. The smallest absolute Gasteiger partial charge is 0.356 e. The molecule has 40 heavy (non-hydrogen) atoms. The maximum atomic E-state index is 13.2. The van der Waals surface area contributed by atoms with Crippen LogP contribution < -0.4 is 5.32 Å². The number of esters is 2. The third-order valence-electron chi connectivity index (χ3n) is 6.46. The Morgan fingerprint density at radius 2 is 1.85 bits per heavy atom. The van der Waals surface area contributed by atoms with Crippen molar-refractivity contribution in [3.8, 4) is 0 Å². The molecule has 11 nitrogen and oxygen atoms in total. The molecule has 2 heterocycles. The first kappa shape index (κ1) is 28.6. The van der Waals surface area contributed by atoms with Crippen molar-refractivity contribution in [2.75, 3.05) is 0 Å². The second kappa shape index (κ2) is 12.6. The topological polar surface area (TPSA) is 145 Å². The zero-order valence-corrected chi connectivity index (χ0v) is 22.6. The molecule has 2 aliphatic heterocycles. The molecule has 3 atom stereocenters. The van der Waals surface area contributed by atoms with E-state index in [-0.39, 0.29) is 36.2 Å². The van der Waals surface area contributed by atoms with E-state index in [2.05, 4.69) is 5.32 Å². The largest absolute Gasteiger partial charge is 0.461 e. The Morgan fingerprint density at radius 3 is 2.50 bits per heavy atom. The summed E-state index contributed by atoms with van der Waals surface area (Å²) in [6.07, 6.45) is 1.15. The average Bonchev–Trinajstić information content (AvgIpc) is 3.24. The van der Waals surface area contributed by atoms with Gasteiger partial charge in [0.25, 0.3) is 5.69 Å². The third kappa shape index (κ3) is 6.57. The zero-order valence-electron chi connectivity index (χ0n) is 21.8. The quantitative estimate of drug-likeness (QED) is 0.187. The predicted octanol–water partition coefficient (Wildman–Crippen LogP) is 3.60. The molecule has 0 aliphatic carbocycles. The minimum Gasteiger partial charge on any atom is -0.461 e. The molecule has 2 aromatic carbocycles. The summed E-state index contributed by atoms with van der Waals surface area (Å²) in [5, 5.41) is 15.0. The van der Waals surface area contributed by atoms with E-state index >= 15 is 0 Å². The number of thioether (sulfide) groups is 1. The van der Waals surface area contributed by atoms with Gasteiger partial charge >= 0.3 is 11.9 Å². The van der Waals surface area contributed by atoms with Crippen LogP contribution >= 0.6 is 11.8 Å². The Hall–Kier alpha value is -4.45. The second-order valence-corrected chi connectivity index (χ2v) is 10.3. The highest BCUT2D eigenvalue weighted by Crippen LogP contribution is 2.48. The highest BCUT2D eigenvalue weighted by Gasteiger charge is 2.58. The summed E-state index contributed by atoms with van der Waals surface area (Å²) in [7, 11) is 0. The number of benzene rings is 2. The van der Waals surface area contributed by atoms with E-state index < -0.39 is 34.9 Å². The van der Waals surface area contributed by atoms with Gasteiger partial charge in [-0.3, -0.25) is 24.5 Å². The average molecular weight is 566 g/mol. The lowest BCUT2D eigenvalue weighted by Gasteiger charge is -2.45. The van der Waals surface area contributed by atoms with Crippen molar-refractivity contribution in [3.05, 3.63) is 98.0 Å². The second-order valence-electron chi connectivity index (χ2n) is 9.26. The zero-order chi connectivity index (χ0) is 28.8. The van der Waals surface area contributed by atoms with Crippen LogP contribution in [0.4, 0.5) is 5.69 Å². The van der Waals surface area contributed by atoms with Gasteiger partial charge in [0, 0.05) is 36.6 Å². The highest BCUT2D eigenvalue weighted by molar-refractivity contribution is 8.05. The van der Waals surface area contributed by atoms with Crippen molar-refractivity contribution < 1.29 is 33.6 Å². The first-order chi connectivity index (χ1) is 19.2. The van der Waals surface area contributed by atoms with Crippen LogP contribution in [0.25, 0.3) is 0 Å². The molecule has 12 heteroatoms. The van der Waals surface area contributed by atoms with Crippen LogP contribution in [0.3, 0.4) is 0 Å². The number of amides is 2. The fraction of sp³-hybridized carbons (Fsp3) is 0.286. The maximum Gasteiger partial charge on any atom is 0.356 e. The fourth-order valence-electron chi connectivity index (χ4n) is 4.60. The molecule has 208 valence electrons. The van der Waals surface area contributed by atoms with E-state index in [1.165, 1.54) is 54.1 Å². The molecule has 4 rings (SSSR count). The number of carbonyl (C=O) groups excluding carboxylic acids is 4. The van der Waals surface area contributed by atoms with Crippen LogP contribution in [0.15, 0.2) is 76.8 Å². The van der Waals surface area contributed by atoms with Crippen molar-refractivity contribution in [2.45, 2.75) is 45.4 Å². The van der Waals surface area contributed by atoms with Gasteiger partial charge in [-0.05, 0) is 35.6 Å². The number of nitrogens with zero attached hydrogens (tertiary/aromatic N) is 2. The highest BCUT2D eigenvalue weighted by atomic mass is 32.2. The molecule has 1 fully saturated rings. The van der Waals surface area contributed by atoms with E-state index in [4.69, 9.17) is 9.47 Å². The van der Waals surface area contributed by atoms with E-state index in [1.54, 1.807) is 12.3 Å². The molecular weight excluding hydrogens is 538 g/mol. The lowest BCUT2D eigenvalue weighted by atomic mass is 9.83. The number of hydrogen-bond acceptors (Lipinski definition) is 9. The molecule has 0 aromatic heterocycles. The van der Waals surface area contributed by atoms with Gasteiger partial charge < -0.3 is 19.7 Å². The van der Waals surface area contributed by atoms with Crippen LogP contribution in [0.1, 0.15) is 31.4 Å². The lowest BCUT2D eigenvalue weighted by molar-refractivity contribution is -0.384. The normalized spacial score (nSPS) is 18.6. The first-order valence-corrected chi connectivity index (χ1v) is 13.3. The van der Waals surface area contributed by atoms with Crippen LogP contribution in [-0.4, -0.2) is 45.7 Å². The van der Waals surface area contributed by atoms with E-state index in [0.717, 1.165) is 5.56 Å². The third-order valence-corrected chi connectivity index (χ3v) is 7.37. The van der Waals surface area contributed by atoms with Gasteiger partial charge in [-0.2, -0.15) is 0 Å². The Kier molecular flexibility index (Phi) is 9.00. The number of hydrogen-bond donors (Lipinski definition) is 1. The minimum absolute atomic E-state index is 0.0774. The van der Waals surface area contributed by atoms with Crippen molar-refractivity contribution in [2.24, 2.45) is 5.92 Å². The SMILES string of the molecule is CC(=O)N/C=C/SC1=C(C(=O)OCc2ccc([N+](=O)[O-])cc2)N2C(=O)[C@H]([C@H](C)OC(=O)Cc3ccccc3)[C@H]2C1. The number of rotatable bonds is 11. The predicted molar refractivity (Wildman–Crippen MR) is 145 cm³/mol. The molecule has 0 radical (unpaired) electrons. The van der Waals surface area contributed by atoms with Crippen LogP contribution in [0, 0.1) is 16.0 Å². The Morgan fingerprint density at radius 1 is 1.15 bits per heavy atom. The Balaban J connectivity index is 1.44. The van der Waals surface area contributed by atoms with Crippen molar-refractivity contribution >= 4 is 41.2 Å². The van der Waals surface area contributed by atoms with Gasteiger partial charge in [-0.1, -0.05) is 42.1 Å². The van der Waals surface area contributed by atoms with Gasteiger partial charge in [0.15, 0.2) is 0 Å². The van der Waals surface area contributed by atoms with Crippen LogP contribution in [-0.2, 0) is 41.7 Å². The fourth-order valence-corrected chi connectivity index (χ4v) is 5.46.